The Labute approximate surface area is 235 Å². The summed E-state index contributed by atoms with van der Waals surface area (Å²) in [6.45, 7) is 3.23. The minimum absolute atomic E-state index is 0.0464. The molecule has 1 N–H and O–H groups in total. The van der Waals surface area contributed by atoms with Crippen LogP contribution in [0.1, 0.15) is 34.8 Å². The van der Waals surface area contributed by atoms with E-state index in [1.54, 1.807) is 44.4 Å². The number of amides is 2. The number of aromatic nitrogens is 1. The van der Waals surface area contributed by atoms with Gasteiger partial charge in [0, 0.05) is 53.9 Å². The molecule has 0 bridgehead atoms. The number of hydrogen-bond acceptors (Lipinski definition) is 5. The highest BCUT2D eigenvalue weighted by atomic mass is 16.5. The molecule has 2 amide bonds. The third kappa shape index (κ3) is 6.75. The van der Waals surface area contributed by atoms with E-state index >= 15 is 0 Å². The van der Waals surface area contributed by atoms with Crippen molar-refractivity contribution in [3.8, 4) is 17.2 Å². The lowest BCUT2D eigenvalue weighted by atomic mass is 10.1. The number of benzene rings is 3. The van der Waals surface area contributed by atoms with Crippen molar-refractivity contribution < 1.29 is 23.8 Å². The maximum absolute atomic E-state index is 13.9. The highest BCUT2D eigenvalue weighted by Crippen LogP contribution is 2.25. The number of ether oxygens (including phenoxy) is 3. The van der Waals surface area contributed by atoms with E-state index in [1.807, 2.05) is 60.5 Å². The first-order valence-corrected chi connectivity index (χ1v) is 13.4. The van der Waals surface area contributed by atoms with Crippen molar-refractivity contribution >= 4 is 22.7 Å². The highest BCUT2D eigenvalue weighted by Gasteiger charge is 2.24. The lowest BCUT2D eigenvalue weighted by Crippen LogP contribution is -2.43. The zero-order valence-corrected chi connectivity index (χ0v) is 23.6. The summed E-state index contributed by atoms with van der Waals surface area (Å²) in [5, 5.41) is 1.14. The van der Waals surface area contributed by atoms with E-state index in [0.29, 0.717) is 49.5 Å². The molecule has 8 nitrogen and oxygen atoms in total. The maximum Gasteiger partial charge on any atom is 0.254 e. The summed E-state index contributed by atoms with van der Waals surface area (Å²) in [4.78, 5) is 34.2. The summed E-state index contributed by atoms with van der Waals surface area (Å²) in [6, 6.07) is 20.9. The second-order valence-corrected chi connectivity index (χ2v) is 9.56. The fourth-order valence-electron chi connectivity index (χ4n) is 4.82. The van der Waals surface area contributed by atoms with Crippen molar-refractivity contribution in [1.82, 2.24) is 14.8 Å². The SMILES string of the molecule is CCCN(CC(=O)N(CCc1c[nH]c2ccccc12)Cc1ccccc1OC)C(=O)c1cc(OC)cc(OC)c1. The Morgan fingerprint density at radius 2 is 1.50 bits per heavy atom. The van der Waals surface area contributed by atoms with E-state index in [9.17, 15) is 9.59 Å². The van der Waals surface area contributed by atoms with E-state index in [2.05, 4.69) is 11.1 Å². The average Bonchev–Trinajstić information content (AvgIpc) is 3.41. The molecule has 0 unspecified atom stereocenters. The van der Waals surface area contributed by atoms with E-state index in [-0.39, 0.29) is 18.4 Å². The predicted molar refractivity (Wildman–Crippen MR) is 156 cm³/mol. The molecule has 4 rings (SSSR count). The van der Waals surface area contributed by atoms with Gasteiger partial charge < -0.3 is 29.0 Å². The summed E-state index contributed by atoms with van der Waals surface area (Å²) in [5.74, 6) is 1.37. The number of methoxy groups -OCH3 is 3. The molecule has 210 valence electrons. The fourth-order valence-corrected chi connectivity index (χ4v) is 4.82. The van der Waals surface area contributed by atoms with Crippen LogP contribution in [-0.4, -0.2) is 67.6 Å². The molecule has 1 aromatic heterocycles. The van der Waals surface area contributed by atoms with Gasteiger partial charge in [0.2, 0.25) is 5.91 Å². The number of carbonyl (C=O) groups is 2. The molecule has 0 radical (unpaired) electrons. The van der Waals surface area contributed by atoms with Crippen molar-refractivity contribution in [2.75, 3.05) is 41.0 Å². The van der Waals surface area contributed by atoms with Gasteiger partial charge in [0.15, 0.2) is 0 Å². The molecule has 0 aliphatic rings. The summed E-state index contributed by atoms with van der Waals surface area (Å²) in [7, 11) is 4.71. The number of H-pyrrole nitrogens is 1. The molecule has 4 aromatic rings. The molecule has 0 aliphatic heterocycles. The van der Waals surface area contributed by atoms with Crippen molar-refractivity contribution in [2.24, 2.45) is 0 Å². The molecule has 0 spiro atoms. The molecule has 0 fully saturated rings. The van der Waals surface area contributed by atoms with Gasteiger partial charge in [-0.2, -0.15) is 0 Å². The van der Waals surface area contributed by atoms with E-state index < -0.39 is 0 Å². The molecule has 3 aromatic carbocycles. The number of nitrogens with zero attached hydrogens (tertiary/aromatic N) is 2. The zero-order chi connectivity index (χ0) is 28.5. The molecule has 40 heavy (non-hydrogen) atoms. The lowest BCUT2D eigenvalue weighted by Gasteiger charge is -2.28. The highest BCUT2D eigenvalue weighted by molar-refractivity contribution is 5.97. The Balaban J connectivity index is 1.58. The minimum atomic E-state index is -0.249. The van der Waals surface area contributed by atoms with Gasteiger partial charge in [-0.3, -0.25) is 9.59 Å². The summed E-state index contributed by atoms with van der Waals surface area (Å²) in [6.07, 6.45) is 3.38. The first-order chi connectivity index (χ1) is 19.5. The molecule has 0 saturated carbocycles. The minimum Gasteiger partial charge on any atom is -0.497 e. The van der Waals surface area contributed by atoms with Crippen LogP contribution in [0.3, 0.4) is 0 Å². The van der Waals surface area contributed by atoms with Gasteiger partial charge >= 0.3 is 0 Å². The first kappa shape index (κ1) is 28.5. The monoisotopic (exact) mass is 543 g/mol. The van der Waals surface area contributed by atoms with E-state index in [1.165, 1.54) is 0 Å². The van der Waals surface area contributed by atoms with Crippen LogP contribution in [0.4, 0.5) is 0 Å². The van der Waals surface area contributed by atoms with Gasteiger partial charge in [-0.05, 0) is 42.7 Å². The Kier molecular flexibility index (Phi) is 9.67. The van der Waals surface area contributed by atoms with Gasteiger partial charge in [-0.15, -0.1) is 0 Å². The predicted octanol–water partition coefficient (Wildman–Crippen LogP) is 5.32. The van der Waals surface area contributed by atoms with Crippen molar-refractivity contribution in [3.05, 3.63) is 89.6 Å². The fraction of sp³-hybridized carbons (Fsp3) is 0.312. The quantitative estimate of drug-likeness (QED) is 0.247. The Morgan fingerprint density at radius 3 is 2.20 bits per heavy atom. The maximum atomic E-state index is 13.9. The number of nitrogens with one attached hydrogen (secondary N) is 1. The van der Waals surface area contributed by atoms with Crippen molar-refractivity contribution in [1.29, 1.82) is 0 Å². The average molecular weight is 544 g/mol. The van der Waals surface area contributed by atoms with Crippen LogP contribution in [0.5, 0.6) is 17.2 Å². The van der Waals surface area contributed by atoms with Gasteiger partial charge in [0.05, 0.1) is 21.3 Å². The van der Waals surface area contributed by atoms with Crippen LogP contribution in [0, 0.1) is 0 Å². The first-order valence-electron chi connectivity index (χ1n) is 13.4. The van der Waals surface area contributed by atoms with Gasteiger partial charge in [0.1, 0.15) is 23.8 Å². The number of carbonyl (C=O) groups excluding carboxylic acids is 2. The van der Waals surface area contributed by atoms with E-state index in [4.69, 9.17) is 14.2 Å². The molecule has 0 atom stereocenters. The van der Waals surface area contributed by atoms with Crippen LogP contribution in [0.25, 0.3) is 10.9 Å². The van der Waals surface area contributed by atoms with Crippen LogP contribution in [0.2, 0.25) is 0 Å². The third-order valence-corrected chi connectivity index (χ3v) is 6.94. The summed E-state index contributed by atoms with van der Waals surface area (Å²) >= 11 is 0. The van der Waals surface area contributed by atoms with Gasteiger partial charge in [-0.25, -0.2) is 0 Å². The number of para-hydroxylation sites is 2. The van der Waals surface area contributed by atoms with E-state index in [0.717, 1.165) is 27.8 Å². The Morgan fingerprint density at radius 1 is 0.800 bits per heavy atom. The second-order valence-electron chi connectivity index (χ2n) is 9.56. The van der Waals surface area contributed by atoms with Crippen molar-refractivity contribution in [2.45, 2.75) is 26.3 Å². The second kappa shape index (κ2) is 13.6. The lowest BCUT2D eigenvalue weighted by molar-refractivity contribution is -0.132. The van der Waals surface area contributed by atoms with Crippen LogP contribution in [-0.2, 0) is 17.8 Å². The van der Waals surface area contributed by atoms with Crippen LogP contribution < -0.4 is 14.2 Å². The summed E-state index contributed by atoms with van der Waals surface area (Å²) < 4.78 is 16.3. The molecular formula is C32H37N3O5. The van der Waals surface area contributed by atoms with Crippen LogP contribution >= 0.6 is 0 Å². The topological polar surface area (TPSA) is 84.1 Å². The standard InChI is InChI=1S/C32H37N3O5/c1-5-15-35(32(37)25-17-26(38-2)19-27(18-25)39-3)22-31(36)34(21-24-10-6-9-13-30(24)40-4)16-14-23-20-33-29-12-8-7-11-28(23)29/h6-13,17-20,33H,5,14-16,21-22H2,1-4H3. The number of hydrogen-bond donors (Lipinski definition) is 1. The Bertz CT molecular complexity index is 1430. The largest absolute Gasteiger partial charge is 0.497 e. The molecule has 0 saturated heterocycles. The molecular weight excluding hydrogens is 506 g/mol. The number of rotatable bonds is 13. The normalized spacial score (nSPS) is 10.8. The van der Waals surface area contributed by atoms with Crippen molar-refractivity contribution in [3.63, 3.8) is 0 Å². The van der Waals surface area contributed by atoms with Gasteiger partial charge in [0.25, 0.3) is 5.91 Å². The summed E-state index contributed by atoms with van der Waals surface area (Å²) in [5.41, 5.74) is 3.52. The third-order valence-electron chi connectivity index (χ3n) is 6.94. The molecule has 0 aliphatic carbocycles. The van der Waals surface area contributed by atoms with Gasteiger partial charge in [-0.1, -0.05) is 43.3 Å². The number of aromatic amines is 1. The zero-order valence-electron chi connectivity index (χ0n) is 23.6. The van der Waals surface area contributed by atoms with Crippen LogP contribution in [0.15, 0.2) is 72.9 Å². The Hall–Kier alpha value is -4.46. The number of fused-ring (bicyclic) bond motifs is 1. The molecule has 1 heterocycles. The smallest absolute Gasteiger partial charge is 0.254 e. The molecule has 8 heteroatoms.